The maximum Gasteiger partial charge on any atom is 0.305 e. The number of rotatable bonds is 5. The van der Waals surface area contributed by atoms with Crippen molar-refractivity contribution in [1.82, 2.24) is 9.97 Å². The topological polar surface area (TPSA) is 52.1 Å². The maximum absolute atomic E-state index is 11.0. The van der Waals surface area contributed by atoms with Crippen LogP contribution in [0.1, 0.15) is 18.4 Å². The molecule has 19 heavy (non-hydrogen) atoms. The zero-order valence-corrected chi connectivity index (χ0v) is 10.9. The Balaban J connectivity index is 2.02. The molecule has 2 heterocycles. The maximum atomic E-state index is 11.0. The molecule has 0 amide bonds. The lowest BCUT2D eigenvalue weighted by Gasteiger charge is -2.04. The second-order valence-corrected chi connectivity index (χ2v) is 4.19. The molecule has 98 valence electrons. The SMILES string of the molecule is COC(=O)CCCc1ccnc(-c2ccccn2)c1. The fourth-order valence-electron chi connectivity index (χ4n) is 1.82. The van der Waals surface area contributed by atoms with Crippen LogP contribution in [-0.2, 0) is 16.0 Å². The number of esters is 1. The average molecular weight is 256 g/mol. The van der Waals surface area contributed by atoms with Gasteiger partial charge < -0.3 is 4.74 Å². The highest BCUT2D eigenvalue weighted by atomic mass is 16.5. The summed E-state index contributed by atoms with van der Waals surface area (Å²) < 4.78 is 4.62. The molecule has 0 spiro atoms. The molecule has 4 nitrogen and oxygen atoms in total. The van der Waals surface area contributed by atoms with Crippen LogP contribution < -0.4 is 0 Å². The van der Waals surface area contributed by atoms with Crippen molar-refractivity contribution in [2.75, 3.05) is 7.11 Å². The minimum Gasteiger partial charge on any atom is -0.469 e. The largest absolute Gasteiger partial charge is 0.469 e. The highest BCUT2D eigenvalue weighted by Crippen LogP contribution is 2.16. The fourth-order valence-corrected chi connectivity index (χ4v) is 1.82. The number of pyridine rings is 2. The lowest BCUT2D eigenvalue weighted by molar-refractivity contribution is -0.140. The highest BCUT2D eigenvalue weighted by Gasteiger charge is 2.03. The Morgan fingerprint density at radius 1 is 1.16 bits per heavy atom. The molecular formula is C15H16N2O2. The summed E-state index contributed by atoms with van der Waals surface area (Å²) in [5, 5.41) is 0. The van der Waals surface area contributed by atoms with Crippen LogP contribution in [0.5, 0.6) is 0 Å². The second kappa shape index (κ2) is 6.64. The molecule has 0 aromatic carbocycles. The van der Waals surface area contributed by atoms with Crippen LogP contribution in [-0.4, -0.2) is 23.0 Å². The Labute approximate surface area is 112 Å². The number of ether oxygens (including phenoxy) is 1. The van der Waals surface area contributed by atoms with E-state index in [0.29, 0.717) is 6.42 Å². The number of methoxy groups -OCH3 is 1. The average Bonchev–Trinajstić information content (AvgIpc) is 2.48. The highest BCUT2D eigenvalue weighted by molar-refractivity contribution is 5.69. The minimum absolute atomic E-state index is 0.168. The Morgan fingerprint density at radius 2 is 2.00 bits per heavy atom. The van der Waals surface area contributed by atoms with E-state index in [0.717, 1.165) is 29.8 Å². The molecule has 0 fully saturated rings. The lowest BCUT2D eigenvalue weighted by Crippen LogP contribution is -2.00. The van der Waals surface area contributed by atoms with Gasteiger partial charge in [-0.25, -0.2) is 0 Å². The van der Waals surface area contributed by atoms with Crippen LogP contribution in [0, 0.1) is 0 Å². The summed E-state index contributed by atoms with van der Waals surface area (Å²) in [6, 6.07) is 9.72. The molecule has 2 aromatic heterocycles. The van der Waals surface area contributed by atoms with Crippen LogP contribution in [0.3, 0.4) is 0 Å². The van der Waals surface area contributed by atoms with E-state index in [1.807, 2.05) is 30.3 Å². The summed E-state index contributed by atoms with van der Waals surface area (Å²) in [6.45, 7) is 0. The molecule has 2 aromatic rings. The van der Waals surface area contributed by atoms with E-state index in [1.165, 1.54) is 7.11 Å². The van der Waals surface area contributed by atoms with Crippen molar-refractivity contribution in [1.29, 1.82) is 0 Å². The number of carbonyl (C=O) groups is 1. The van der Waals surface area contributed by atoms with Crippen LogP contribution in [0.2, 0.25) is 0 Å². The van der Waals surface area contributed by atoms with E-state index >= 15 is 0 Å². The Hall–Kier alpha value is -2.23. The molecule has 2 rings (SSSR count). The van der Waals surface area contributed by atoms with E-state index in [-0.39, 0.29) is 5.97 Å². The van der Waals surface area contributed by atoms with Gasteiger partial charge in [-0.2, -0.15) is 0 Å². The Kier molecular flexibility index (Phi) is 4.61. The molecular weight excluding hydrogens is 240 g/mol. The van der Waals surface area contributed by atoms with Gasteiger partial charge in [0.1, 0.15) is 0 Å². The van der Waals surface area contributed by atoms with Gasteiger partial charge in [0.25, 0.3) is 0 Å². The normalized spacial score (nSPS) is 10.2. The number of hydrogen-bond acceptors (Lipinski definition) is 4. The Morgan fingerprint density at radius 3 is 2.74 bits per heavy atom. The number of nitrogens with zero attached hydrogens (tertiary/aromatic N) is 2. The van der Waals surface area contributed by atoms with E-state index in [1.54, 1.807) is 12.4 Å². The molecule has 0 aliphatic rings. The summed E-state index contributed by atoms with van der Waals surface area (Å²) in [6.07, 6.45) is 5.58. The van der Waals surface area contributed by atoms with Crippen molar-refractivity contribution in [2.45, 2.75) is 19.3 Å². The van der Waals surface area contributed by atoms with Gasteiger partial charge in [-0.3, -0.25) is 14.8 Å². The molecule has 0 saturated carbocycles. The predicted molar refractivity (Wildman–Crippen MR) is 72.4 cm³/mol. The smallest absolute Gasteiger partial charge is 0.305 e. The third-order valence-corrected chi connectivity index (χ3v) is 2.83. The van der Waals surface area contributed by atoms with Gasteiger partial charge in [-0.05, 0) is 42.7 Å². The molecule has 0 N–H and O–H groups in total. The molecule has 0 aliphatic carbocycles. The number of aryl methyl sites for hydroxylation is 1. The van der Waals surface area contributed by atoms with Crippen molar-refractivity contribution in [3.63, 3.8) is 0 Å². The van der Waals surface area contributed by atoms with Crippen LogP contribution in [0.15, 0.2) is 42.7 Å². The molecule has 4 heteroatoms. The van der Waals surface area contributed by atoms with E-state index < -0.39 is 0 Å². The first-order valence-corrected chi connectivity index (χ1v) is 6.23. The summed E-state index contributed by atoms with van der Waals surface area (Å²) in [4.78, 5) is 19.6. The Bertz CT molecular complexity index is 541. The van der Waals surface area contributed by atoms with Crippen molar-refractivity contribution in [3.8, 4) is 11.4 Å². The second-order valence-electron chi connectivity index (χ2n) is 4.19. The van der Waals surface area contributed by atoms with Crippen molar-refractivity contribution in [2.24, 2.45) is 0 Å². The summed E-state index contributed by atoms with van der Waals surface area (Å²) >= 11 is 0. The van der Waals surface area contributed by atoms with Gasteiger partial charge in [-0.15, -0.1) is 0 Å². The first-order chi connectivity index (χ1) is 9.29. The van der Waals surface area contributed by atoms with Crippen LogP contribution in [0.25, 0.3) is 11.4 Å². The molecule has 0 radical (unpaired) electrons. The zero-order valence-electron chi connectivity index (χ0n) is 10.9. The standard InChI is InChI=1S/C15H16N2O2/c1-19-15(18)7-4-5-12-8-10-17-14(11-12)13-6-2-3-9-16-13/h2-3,6,8-11H,4-5,7H2,1H3. The van der Waals surface area contributed by atoms with Gasteiger partial charge >= 0.3 is 5.97 Å². The monoisotopic (exact) mass is 256 g/mol. The summed E-state index contributed by atoms with van der Waals surface area (Å²) in [5.41, 5.74) is 2.87. The summed E-state index contributed by atoms with van der Waals surface area (Å²) in [5.74, 6) is -0.168. The predicted octanol–water partition coefficient (Wildman–Crippen LogP) is 2.64. The van der Waals surface area contributed by atoms with Crippen LogP contribution >= 0.6 is 0 Å². The van der Waals surface area contributed by atoms with Crippen molar-refractivity contribution in [3.05, 3.63) is 48.3 Å². The number of aromatic nitrogens is 2. The van der Waals surface area contributed by atoms with E-state index in [9.17, 15) is 4.79 Å². The molecule has 0 aliphatic heterocycles. The third-order valence-electron chi connectivity index (χ3n) is 2.83. The number of carbonyl (C=O) groups excluding carboxylic acids is 1. The lowest BCUT2D eigenvalue weighted by atomic mass is 10.1. The van der Waals surface area contributed by atoms with E-state index in [2.05, 4.69) is 14.7 Å². The molecule has 0 unspecified atom stereocenters. The van der Waals surface area contributed by atoms with Gasteiger partial charge in [0.15, 0.2) is 0 Å². The van der Waals surface area contributed by atoms with Crippen LogP contribution in [0.4, 0.5) is 0 Å². The summed E-state index contributed by atoms with van der Waals surface area (Å²) in [7, 11) is 1.41. The van der Waals surface area contributed by atoms with Crippen molar-refractivity contribution < 1.29 is 9.53 Å². The first-order valence-electron chi connectivity index (χ1n) is 6.23. The van der Waals surface area contributed by atoms with Gasteiger partial charge in [0, 0.05) is 18.8 Å². The zero-order chi connectivity index (χ0) is 13.5. The van der Waals surface area contributed by atoms with Crippen molar-refractivity contribution >= 4 is 5.97 Å². The van der Waals surface area contributed by atoms with Gasteiger partial charge in [0.05, 0.1) is 18.5 Å². The molecule has 0 bridgehead atoms. The fraction of sp³-hybridized carbons (Fsp3) is 0.267. The third kappa shape index (κ3) is 3.88. The quantitative estimate of drug-likeness (QED) is 0.772. The first kappa shape index (κ1) is 13.2. The van der Waals surface area contributed by atoms with Gasteiger partial charge in [0.2, 0.25) is 0 Å². The van der Waals surface area contributed by atoms with Gasteiger partial charge in [-0.1, -0.05) is 6.07 Å². The van der Waals surface area contributed by atoms with E-state index in [4.69, 9.17) is 0 Å². The molecule has 0 atom stereocenters. The number of hydrogen-bond donors (Lipinski definition) is 0. The molecule has 0 saturated heterocycles. The minimum atomic E-state index is -0.168.